The van der Waals surface area contributed by atoms with Crippen LogP contribution in [0.3, 0.4) is 0 Å². The van der Waals surface area contributed by atoms with Crippen molar-refractivity contribution < 1.29 is 23.7 Å². The number of nitrogens with one attached hydrogen (secondary N) is 1. The van der Waals surface area contributed by atoms with E-state index in [0.29, 0.717) is 32.3 Å². The lowest BCUT2D eigenvalue weighted by Gasteiger charge is -2.14. The van der Waals surface area contributed by atoms with E-state index in [4.69, 9.17) is 16.1 Å². The number of hydrogen-bond acceptors (Lipinski definition) is 5. The SMILES string of the molecule is [C-]#[N+]/C(=N\OC(NC)=[N+]1CCOCC1)C(=O)OCC. The summed E-state index contributed by atoms with van der Waals surface area (Å²) >= 11 is 0. The number of rotatable bonds is 2. The molecule has 0 aromatic heterocycles. The highest BCUT2D eigenvalue weighted by molar-refractivity contribution is 6.39. The Hall–Kier alpha value is -2.14. The Morgan fingerprint density at radius 2 is 2.21 bits per heavy atom. The van der Waals surface area contributed by atoms with Crippen molar-refractivity contribution in [3.05, 3.63) is 11.4 Å². The molecule has 0 radical (unpaired) electrons. The zero-order chi connectivity index (χ0) is 14.1. The Morgan fingerprint density at radius 3 is 2.74 bits per heavy atom. The standard InChI is InChI=1S/C11H16N4O4/c1-4-18-10(16)9(12-2)14-19-11(13-3)15-5-7-17-8-6-15/h4-8H2,1,3H3/p+1/b14-9-. The summed E-state index contributed by atoms with van der Waals surface area (Å²) in [6.07, 6.45) is 0. The summed E-state index contributed by atoms with van der Waals surface area (Å²) in [4.78, 5) is 19.4. The summed E-state index contributed by atoms with van der Waals surface area (Å²) in [5.41, 5.74) is 0. The number of oxime groups is 1. The minimum atomic E-state index is -0.796. The molecule has 1 aliphatic heterocycles. The van der Waals surface area contributed by atoms with Gasteiger partial charge in [0, 0.05) is 0 Å². The van der Waals surface area contributed by atoms with E-state index >= 15 is 0 Å². The zero-order valence-electron chi connectivity index (χ0n) is 11.0. The minimum Gasteiger partial charge on any atom is -0.470 e. The normalized spacial score (nSPS) is 15.4. The van der Waals surface area contributed by atoms with Crippen molar-refractivity contribution in [1.29, 1.82) is 0 Å². The Balaban J connectivity index is 2.75. The van der Waals surface area contributed by atoms with E-state index in [2.05, 4.69) is 20.1 Å². The van der Waals surface area contributed by atoms with Crippen LogP contribution >= 0.6 is 0 Å². The lowest BCUT2D eigenvalue weighted by Crippen LogP contribution is -2.39. The van der Waals surface area contributed by atoms with E-state index in [-0.39, 0.29) is 6.61 Å². The van der Waals surface area contributed by atoms with Crippen molar-refractivity contribution in [3.8, 4) is 0 Å². The van der Waals surface area contributed by atoms with Crippen LogP contribution in [0.4, 0.5) is 0 Å². The average Bonchev–Trinajstić information content (AvgIpc) is 2.45. The number of amidine groups is 2. The topological polar surface area (TPSA) is 76.5 Å². The Bertz CT molecular complexity index is 417. The molecule has 8 heteroatoms. The molecule has 1 N–H and O–H groups in total. The van der Waals surface area contributed by atoms with Crippen molar-refractivity contribution in [2.24, 2.45) is 5.16 Å². The van der Waals surface area contributed by atoms with Crippen LogP contribution in [0.1, 0.15) is 6.92 Å². The Labute approximate surface area is 111 Å². The third-order valence-corrected chi connectivity index (χ3v) is 2.29. The van der Waals surface area contributed by atoms with Gasteiger partial charge in [-0.15, -0.1) is 0 Å². The third-order valence-electron chi connectivity index (χ3n) is 2.29. The molecule has 1 rings (SSSR count). The fraction of sp³-hybridized carbons (Fsp3) is 0.636. The molecule has 1 fully saturated rings. The van der Waals surface area contributed by atoms with Crippen molar-refractivity contribution in [2.75, 3.05) is 40.0 Å². The number of ether oxygens (including phenoxy) is 2. The highest BCUT2D eigenvalue weighted by Gasteiger charge is 2.21. The van der Waals surface area contributed by atoms with Crippen LogP contribution in [0.15, 0.2) is 5.16 Å². The highest BCUT2D eigenvalue weighted by Crippen LogP contribution is 1.94. The fourth-order valence-electron chi connectivity index (χ4n) is 1.41. The van der Waals surface area contributed by atoms with E-state index in [9.17, 15) is 4.79 Å². The largest absolute Gasteiger partial charge is 0.490 e. The molecular weight excluding hydrogens is 252 g/mol. The van der Waals surface area contributed by atoms with Gasteiger partial charge in [-0.2, -0.15) is 4.84 Å². The second-order valence-electron chi connectivity index (χ2n) is 3.49. The zero-order valence-corrected chi connectivity index (χ0v) is 11.0. The maximum absolute atomic E-state index is 11.3. The summed E-state index contributed by atoms with van der Waals surface area (Å²) in [7, 11) is 1.67. The van der Waals surface area contributed by atoms with Gasteiger partial charge in [0.15, 0.2) is 0 Å². The van der Waals surface area contributed by atoms with Crippen LogP contribution in [0.25, 0.3) is 4.85 Å². The minimum absolute atomic E-state index is 0.180. The van der Waals surface area contributed by atoms with Crippen LogP contribution in [-0.4, -0.2) is 62.4 Å². The van der Waals surface area contributed by atoms with Gasteiger partial charge < -0.3 is 14.3 Å². The Kier molecular flexibility index (Phi) is 6.32. The van der Waals surface area contributed by atoms with E-state index in [1.165, 1.54) is 0 Å². The molecule has 0 aromatic carbocycles. The van der Waals surface area contributed by atoms with Gasteiger partial charge >= 0.3 is 17.8 Å². The van der Waals surface area contributed by atoms with E-state index in [1.54, 1.807) is 14.0 Å². The smallest absolute Gasteiger partial charge is 0.470 e. The summed E-state index contributed by atoms with van der Waals surface area (Å²) in [5, 5.41) is 6.34. The molecule has 1 saturated heterocycles. The van der Waals surface area contributed by atoms with Crippen molar-refractivity contribution in [1.82, 2.24) is 5.32 Å². The van der Waals surface area contributed by atoms with E-state index < -0.39 is 11.8 Å². The molecule has 1 heterocycles. The van der Waals surface area contributed by atoms with Crippen molar-refractivity contribution in [3.63, 3.8) is 0 Å². The van der Waals surface area contributed by atoms with Gasteiger partial charge in [-0.1, -0.05) is 6.57 Å². The number of hydrogen-bond donors (Lipinski definition) is 1. The van der Waals surface area contributed by atoms with Crippen LogP contribution in [0, 0.1) is 6.57 Å². The summed E-state index contributed by atoms with van der Waals surface area (Å²) in [6, 6.07) is 0.369. The molecular formula is C11H17N4O4+. The van der Waals surface area contributed by atoms with Crippen LogP contribution in [0.2, 0.25) is 0 Å². The molecule has 0 aromatic rings. The fourth-order valence-corrected chi connectivity index (χ4v) is 1.41. The first-order chi connectivity index (χ1) is 9.22. The van der Waals surface area contributed by atoms with E-state index in [1.807, 2.05) is 4.58 Å². The number of nitrogens with zero attached hydrogens (tertiary/aromatic N) is 3. The second-order valence-corrected chi connectivity index (χ2v) is 3.49. The molecule has 19 heavy (non-hydrogen) atoms. The summed E-state index contributed by atoms with van der Waals surface area (Å²) in [5.74, 6) is -1.24. The lowest BCUT2D eigenvalue weighted by atomic mass is 10.5. The van der Waals surface area contributed by atoms with Gasteiger partial charge in [-0.05, 0) is 6.92 Å². The average molecular weight is 269 g/mol. The Morgan fingerprint density at radius 1 is 1.53 bits per heavy atom. The van der Waals surface area contributed by atoms with Crippen LogP contribution in [0.5, 0.6) is 0 Å². The molecule has 0 saturated carbocycles. The molecule has 1 aliphatic rings. The molecule has 104 valence electrons. The summed E-state index contributed by atoms with van der Waals surface area (Å²) in [6.45, 7) is 11.2. The first-order valence-electron chi connectivity index (χ1n) is 5.89. The van der Waals surface area contributed by atoms with Gasteiger partial charge in [-0.3, -0.25) is 4.79 Å². The predicted molar refractivity (Wildman–Crippen MR) is 66.6 cm³/mol. The molecule has 0 aliphatic carbocycles. The molecule has 0 atom stereocenters. The maximum atomic E-state index is 11.3. The predicted octanol–water partition coefficient (Wildman–Crippen LogP) is -0.583. The number of carbonyl (C=O) groups excluding carboxylic acids is 1. The third kappa shape index (κ3) is 4.56. The monoisotopic (exact) mass is 269 g/mol. The van der Waals surface area contributed by atoms with Crippen molar-refractivity contribution in [2.45, 2.75) is 6.92 Å². The van der Waals surface area contributed by atoms with Gasteiger partial charge in [0.25, 0.3) is 0 Å². The van der Waals surface area contributed by atoms with Gasteiger partial charge in [0.2, 0.25) is 0 Å². The molecule has 8 nitrogen and oxygen atoms in total. The molecule has 0 bridgehead atoms. The number of morpholine rings is 1. The van der Waals surface area contributed by atoms with Crippen LogP contribution < -0.4 is 5.32 Å². The van der Waals surface area contributed by atoms with Gasteiger partial charge in [0.1, 0.15) is 13.1 Å². The van der Waals surface area contributed by atoms with Crippen LogP contribution in [-0.2, 0) is 19.1 Å². The maximum Gasteiger partial charge on any atom is 0.490 e. The van der Waals surface area contributed by atoms with E-state index in [0.717, 1.165) is 0 Å². The second kappa shape index (κ2) is 8.05. The number of carbonyl (C=O) groups is 1. The highest BCUT2D eigenvalue weighted by atomic mass is 16.7. The lowest BCUT2D eigenvalue weighted by molar-refractivity contribution is -0.558. The molecule has 0 amide bonds. The quantitative estimate of drug-likeness (QED) is 0.181. The number of esters is 1. The summed E-state index contributed by atoms with van der Waals surface area (Å²) < 4.78 is 11.8. The first-order valence-corrected chi connectivity index (χ1v) is 5.89. The molecule has 0 spiro atoms. The van der Waals surface area contributed by atoms with Gasteiger partial charge in [0.05, 0.1) is 32.0 Å². The van der Waals surface area contributed by atoms with Gasteiger partial charge in [-0.25, -0.2) is 9.89 Å². The first kappa shape index (κ1) is 14.9. The molecule has 0 unspecified atom stereocenters. The van der Waals surface area contributed by atoms with Crippen molar-refractivity contribution >= 4 is 17.8 Å².